The molecule has 0 spiro atoms. The minimum absolute atomic E-state index is 0.272. The third kappa shape index (κ3) is 2.82. The molecule has 3 heteroatoms. The van der Waals surface area contributed by atoms with E-state index in [-0.39, 0.29) is 12.6 Å². The SMILES string of the molecule is C=C(C)C1=C(C)C(=O)OC/C1=C\c1cccc(OC)c1. The van der Waals surface area contributed by atoms with E-state index < -0.39 is 0 Å². The van der Waals surface area contributed by atoms with Gasteiger partial charge < -0.3 is 9.47 Å². The quantitative estimate of drug-likeness (QED) is 0.788. The lowest BCUT2D eigenvalue weighted by atomic mass is 9.92. The maximum atomic E-state index is 11.6. The van der Waals surface area contributed by atoms with Gasteiger partial charge in [-0.15, -0.1) is 0 Å². The molecule has 0 N–H and O–H groups in total. The molecule has 0 fully saturated rings. The summed E-state index contributed by atoms with van der Waals surface area (Å²) in [6.45, 7) is 7.90. The fourth-order valence-corrected chi connectivity index (χ4v) is 2.31. The fourth-order valence-electron chi connectivity index (χ4n) is 2.31. The van der Waals surface area contributed by atoms with E-state index in [1.807, 2.05) is 37.3 Å². The second-order valence-electron chi connectivity index (χ2n) is 4.80. The molecule has 104 valence electrons. The van der Waals surface area contributed by atoms with Crippen molar-refractivity contribution >= 4 is 12.0 Å². The Kier molecular flexibility index (Phi) is 4.08. The second-order valence-corrected chi connectivity index (χ2v) is 4.80. The Bertz CT molecular complexity index is 621. The molecule has 0 unspecified atom stereocenters. The van der Waals surface area contributed by atoms with E-state index in [2.05, 4.69) is 6.58 Å². The lowest BCUT2D eigenvalue weighted by Gasteiger charge is -2.21. The van der Waals surface area contributed by atoms with Crippen molar-refractivity contribution in [2.75, 3.05) is 13.7 Å². The van der Waals surface area contributed by atoms with Gasteiger partial charge in [0.1, 0.15) is 12.4 Å². The number of carbonyl (C=O) groups is 1. The average molecular weight is 270 g/mol. The number of esters is 1. The zero-order chi connectivity index (χ0) is 14.7. The molecule has 1 aromatic rings. The van der Waals surface area contributed by atoms with Crippen LogP contribution in [0.1, 0.15) is 19.4 Å². The van der Waals surface area contributed by atoms with Crippen LogP contribution in [-0.4, -0.2) is 19.7 Å². The van der Waals surface area contributed by atoms with Crippen LogP contribution in [0.3, 0.4) is 0 Å². The maximum absolute atomic E-state index is 11.6. The Morgan fingerprint density at radius 1 is 1.45 bits per heavy atom. The first-order valence-corrected chi connectivity index (χ1v) is 6.42. The van der Waals surface area contributed by atoms with E-state index >= 15 is 0 Å². The van der Waals surface area contributed by atoms with Gasteiger partial charge in [-0.2, -0.15) is 0 Å². The minimum Gasteiger partial charge on any atom is -0.497 e. The molecule has 1 heterocycles. The number of ether oxygens (including phenoxy) is 2. The Balaban J connectivity index is 2.47. The van der Waals surface area contributed by atoms with Gasteiger partial charge in [-0.3, -0.25) is 0 Å². The van der Waals surface area contributed by atoms with Crippen molar-refractivity contribution in [3.63, 3.8) is 0 Å². The number of hydrogen-bond acceptors (Lipinski definition) is 3. The highest BCUT2D eigenvalue weighted by molar-refractivity contribution is 5.93. The smallest absolute Gasteiger partial charge is 0.334 e. The Labute approximate surface area is 119 Å². The van der Waals surface area contributed by atoms with Gasteiger partial charge in [0, 0.05) is 5.57 Å². The van der Waals surface area contributed by atoms with E-state index in [0.717, 1.165) is 28.0 Å². The zero-order valence-corrected chi connectivity index (χ0v) is 12.0. The largest absolute Gasteiger partial charge is 0.497 e. The first-order chi connectivity index (χ1) is 9.52. The summed E-state index contributed by atoms with van der Waals surface area (Å²) in [6.07, 6.45) is 2.00. The molecule has 1 aliphatic rings. The van der Waals surface area contributed by atoms with Gasteiger partial charge in [0.05, 0.1) is 7.11 Å². The molecule has 0 radical (unpaired) electrons. The molecule has 2 rings (SSSR count). The van der Waals surface area contributed by atoms with Gasteiger partial charge in [-0.25, -0.2) is 4.79 Å². The summed E-state index contributed by atoms with van der Waals surface area (Å²) in [5, 5.41) is 0. The van der Waals surface area contributed by atoms with E-state index in [1.54, 1.807) is 14.0 Å². The van der Waals surface area contributed by atoms with Gasteiger partial charge in [-0.1, -0.05) is 24.3 Å². The molecule has 0 saturated heterocycles. The predicted octanol–water partition coefficient (Wildman–Crippen LogP) is 3.53. The molecule has 0 aliphatic carbocycles. The van der Waals surface area contributed by atoms with Gasteiger partial charge in [0.15, 0.2) is 0 Å². The van der Waals surface area contributed by atoms with Crippen LogP contribution in [-0.2, 0) is 9.53 Å². The van der Waals surface area contributed by atoms with Crippen molar-refractivity contribution in [1.29, 1.82) is 0 Å². The minimum atomic E-state index is -0.272. The first-order valence-electron chi connectivity index (χ1n) is 6.42. The number of hydrogen-bond donors (Lipinski definition) is 0. The number of cyclic esters (lactones) is 1. The summed E-state index contributed by atoms with van der Waals surface area (Å²) in [5.41, 5.74) is 4.34. The summed E-state index contributed by atoms with van der Waals surface area (Å²) in [5.74, 6) is 0.524. The van der Waals surface area contributed by atoms with Crippen LogP contribution in [0.25, 0.3) is 6.08 Å². The molecule has 3 nitrogen and oxygen atoms in total. The summed E-state index contributed by atoms with van der Waals surface area (Å²) in [7, 11) is 1.64. The van der Waals surface area contributed by atoms with Crippen LogP contribution < -0.4 is 4.74 Å². The highest BCUT2D eigenvalue weighted by Gasteiger charge is 2.22. The lowest BCUT2D eigenvalue weighted by molar-refractivity contribution is -0.138. The summed E-state index contributed by atoms with van der Waals surface area (Å²) < 4.78 is 10.4. The molecule has 1 aromatic carbocycles. The molecule has 0 atom stereocenters. The van der Waals surface area contributed by atoms with Crippen LogP contribution in [0.5, 0.6) is 5.75 Å². The van der Waals surface area contributed by atoms with Gasteiger partial charge in [-0.05, 0) is 48.8 Å². The fraction of sp³-hybridized carbons (Fsp3) is 0.235. The summed E-state index contributed by atoms with van der Waals surface area (Å²) in [6, 6.07) is 7.74. The third-order valence-corrected chi connectivity index (χ3v) is 3.22. The van der Waals surface area contributed by atoms with Crippen LogP contribution >= 0.6 is 0 Å². The number of allylic oxidation sites excluding steroid dienone is 1. The van der Waals surface area contributed by atoms with Crippen LogP contribution in [0.4, 0.5) is 0 Å². The molecule has 0 bridgehead atoms. The van der Waals surface area contributed by atoms with E-state index in [1.165, 1.54) is 0 Å². The number of carbonyl (C=O) groups excluding carboxylic acids is 1. The Morgan fingerprint density at radius 2 is 2.20 bits per heavy atom. The maximum Gasteiger partial charge on any atom is 0.334 e. The Morgan fingerprint density at radius 3 is 2.85 bits per heavy atom. The highest BCUT2D eigenvalue weighted by atomic mass is 16.5. The molecule has 0 amide bonds. The van der Waals surface area contributed by atoms with Crippen molar-refractivity contribution in [3.8, 4) is 5.75 Å². The van der Waals surface area contributed by atoms with Crippen LogP contribution in [0, 0.1) is 0 Å². The normalized spacial score (nSPS) is 17.1. The third-order valence-electron chi connectivity index (χ3n) is 3.22. The zero-order valence-electron chi connectivity index (χ0n) is 12.0. The van der Waals surface area contributed by atoms with Crippen LogP contribution in [0.2, 0.25) is 0 Å². The number of rotatable bonds is 3. The number of methoxy groups -OCH3 is 1. The van der Waals surface area contributed by atoms with E-state index in [4.69, 9.17) is 9.47 Å². The molecule has 1 aliphatic heterocycles. The number of benzene rings is 1. The van der Waals surface area contributed by atoms with Crippen molar-refractivity contribution in [2.45, 2.75) is 13.8 Å². The van der Waals surface area contributed by atoms with Crippen LogP contribution in [0.15, 0.2) is 53.1 Å². The molecule has 20 heavy (non-hydrogen) atoms. The van der Waals surface area contributed by atoms with E-state index in [9.17, 15) is 4.79 Å². The van der Waals surface area contributed by atoms with Crippen molar-refractivity contribution in [2.24, 2.45) is 0 Å². The van der Waals surface area contributed by atoms with Gasteiger partial charge in [0.2, 0.25) is 0 Å². The first kappa shape index (κ1) is 14.1. The predicted molar refractivity (Wildman–Crippen MR) is 79.4 cm³/mol. The molecule has 0 saturated carbocycles. The standard InChI is InChI=1S/C17H18O3/c1-11(2)16-12(3)17(18)20-10-14(16)8-13-6-5-7-15(9-13)19-4/h5-9H,1,10H2,2-4H3/b14-8+. The summed E-state index contributed by atoms with van der Waals surface area (Å²) >= 11 is 0. The van der Waals surface area contributed by atoms with Crippen molar-refractivity contribution in [3.05, 3.63) is 58.7 Å². The van der Waals surface area contributed by atoms with Gasteiger partial charge in [0.25, 0.3) is 0 Å². The lowest BCUT2D eigenvalue weighted by Crippen LogP contribution is -2.18. The molecular weight excluding hydrogens is 252 g/mol. The van der Waals surface area contributed by atoms with Crippen molar-refractivity contribution in [1.82, 2.24) is 0 Å². The molecule has 0 aromatic heterocycles. The Hall–Kier alpha value is -2.29. The average Bonchev–Trinajstić information content (AvgIpc) is 2.43. The summed E-state index contributed by atoms with van der Waals surface area (Å²) in [4.78, 5) is 11.6. The van der Waals surface area contributed by atoms with E-state index in [0.29, 0.717) is 5.57 Å². The topological polar surface area (TPSA) is 35.5 Å². The van der Waals surface area contributed by atoms with Gasteiger partial charge >= 0.3 is 5.97 Å². The molecular formula is C17H18O3. The highest BCUT2D eigenvalue weighted by Crippen LogP contribution is 2.29. The van der Waals surface area contributed by atoms with Crippen molar-refractivity contribution < 1.29 is 14.3 Å². The monoisotopic (exact) mass is 270 g/mol. The second kappa shape index (κ2) is 5.78.